The van der Waals surface area contributed by atoms with Crippen molar-refractivity contribution >= 4 is 45.5 Å². The van der Waals surface area contributed by atoms with Gasteiger partial charge in [0.15, 0.2) is 16.6 Å². The lowest BCUT2D eigenvalue weighted by atomic mass is 10.1. The van der Waals surface area contributed by atoms with Gasteiger partial charge in [-0.2, -0.15) is 0 Å². The predicted molar refractivity (Wildman–Crippen MR) is 133 cm³/mol. The SMILES string of the molecule is O=c1[nH]c2cc3c(cc2cc1CN(C[C@@H]1CCCO1)C(=S)Nc1cccc(Cl)c1)OCCO3. The molecule has 0 saturated carbocycles. The zero-order valence-corrected chi connectivity index (χ0v) is 19.5. The maximum absolute atomic E-state index is 12.9. The number of benzene rings is 2. The lowest BCUT2D eigenvalue weighted by Gasteiger charge is -2.28. The molecular formula is C24H24ClN3O4S. The summed E-state index contributed by atoms with van der Waals surface area (Å²) in [5, 5.41) is 5.25. The number of rotatable bonds is 5. The Balaban J connectivity index is 1.42. The molecule has 7 nitrogen and oxygen atoms in total. The van der Waals surface area contributed by atoms with Gasteiger partial charge in [-0.05, 0) is 55.4 Å². The van der Waals surface area contributed by atoms with E-state index in [4.69, 9.17) is 38.0 Å². The molecule has 1 fully saturated rings. The van der Waals surface area contributed by atoms with E-state index in [0.29, 0.717) is 59.0 Å². The van der Waals surface area contributed by atoms with E-state index in [0.717, 1.165) is 30.5 Å². The van der Waals surface area contributed by atoms with Crippen LogP contribution >= 0.6 is 23.8 Å². The van der Waals surface area contributed by atoms with E-state index in [-0.39, 0.29) is 11.7 Å². The fraction of sp³-hybridized carbons (Fsp3) is 0.333. The first kappa shape index (κ1) is 22.0. The van der Waals surface area contributed by atoms with Gasteiger partial charge in [0.05, 0.1) is 18.2 Å². The highest BCUT2D eigenvalue weighted by atomic mass is 35.5. The van der Waals surface area contributed by atoms with E-state index >= 15 is 0 Å². The summed E-state index contributed by atoms with van der Waals surface area (Å²) in [6, 6.07) is 13.0. The maximum atomic E-state index is 12.9. The minimum Gasteiger partial charge on any atom is -0.486 e. The van der Waals surface area contributed by atoms with Crippen LogP contribution in [-0.2, 0) is 11.3 Å². The van der Waals surface area contributed by atoms with E-state index in [2.05, 4.69) is 10.3 Å². The smallest absolute Gasteiger partial charge is 0.253 e. The molecule has 2 aliphatic rings. The second-order valence-corrected chi connectivity index (χ2v) is 8.99. The highest BCUT2D eigenvalue weighted by molar-refractivity contribution is 7.80. The number of fused-ring (bicyclic) bond motifs is 2. The second-order valence-electron chi connectivity index (χ2n) is 8.16. The second kappa shape index (κ2) is 9.59. The Hall–Kier alpha value is -2.81. The molecule has 0 bridgehead atoms. The Bertz CT molecular complexity index is 1240. The number of pyridine rings is 1. The van der Waals surface area contributed by atoms with E-state index in [1.807, 2.05) is 47.4 Å². The van der Waals surface area contributed by atoms with Gasteiger partial charge in [-0.15, -0.1) is 0 Å². The van der Waals surface area contributed by atoms with Crippen LogP contribution in [0.15, 0.2) is 47.3 Å². The number of ether oxygens (including phenoxy) is 3. The summed E-state index contributed by atoms with van der Waals surface area (Å²) in [7, 11) is 0. The maximum Gasteiger partial charge on any atom is 0.253 e. The largest absolute Gasteiger partial charge is 0.486 e. The third-order valence-electron chi connectivity index (χ3n) is 5.76. The molecule has 0 spiro atoms. The van der Waals surface area contributed by atoms with Gasteiger partial charge in [-0.25, -0.2) is 0 Å². The normalized spacial score (nSPS) is 17.2. The number of halogens is 1. The van der Waals surface area contributed by atoms with Crippen molar-refractivity contribution in [1.82, 2.24) is 9.88 Å². The topological polar surface area (TPSA) is 75.8 Å². The molecule has 2 aromatic carbocycles. The lowest BCUT2D eigenvalue weighted by Crippen LogP contribution is -2.40. The monoisotopic (exact) mass is 485 g/mol. The first-order valence-electron chi connectivity index (χ1n) is 10.9. The predicted octanol–water partition coefficient (Wildman–Crippen LogP) is 4.33. The van der Waals surface area contributed by atoms with Crippen molar-refractivity contribution in [2.45, 2.75) is 25.5 Å². The number of nitrogens with zero attached hydrogens (tertiary/aromatic N) is 1. The van der Waals surface area contributed by atoms with E-state index in [1.165, 1.54) is 0 Å². The van der Waals surface area contributed by atoms with Gasteiger partial charge in [0.25, 0.3) is 5.56 Å². The summed E-state index contributed by atoms with van der Waals surface area (Å²) in [4.78, 5) is 17.9. The van der Waals surface area contributed by atoms with Crippen LogP contribution < -0.4 is 20.3 Å². The molecule has 0 aliphatic carbocycles. The third-order valence-corrected chi connectivity index (χ3v) is 6.35. The summed E-state index contributed by atoms with van der Waals surface area (Å²) in [5.74, 6) is 1.32. The van der Waals surface area contributed by atoms with Crippen molar-refractivity contribution in [2.75, 3.05) is 31.7 Å². The number of aromatic amines is 1. The average Bonchev–Trinajstić information content (AvgIpc) is 3.31. The molecule has 3 heterocycles. The highest BCUT2D eigenvalue weighted by Gasteiger charge is 2.23. The molecule has 0 amide bonds. The van der Waals surface area contributed by atoms with Gasteiger partial charge in [0, 0.05) is 40.9 Å². The quantitative estimate of drug-likeness (QED) is 0.521. The molecule has 1 saturated heterocycles. The van der Waals surface area contributed by atoms with Crippen molar-refractivity contribution < 1.29 is 14.2 Å². The van der Waals surface area contributed by atoms with Crippen LogP contribution in [0, 0.1) is 0 Å². The van der Waals surface area contributed by atoms with Crippen molar-refractivity contribution in [3.8, 4) is 11.5 Å². The number of anilines is 1. The number of nitrogens with one attached hydrogen (secondary N) is 2. The third kappa shape index (κ3) is 5.08. The van der Waals surface area contributed by atoms with Gasteiger partial charge in [0.1, 0.15) is 13.2 Å². The Kier molecular flexibility index (Phi) is 6.39. The van der Waals surface area contributed by atoms with Crippen molar-refractivity contribution in [1.29, 1.82) is 0 Å². The lowest BCUT2D eigenvalue weighted by molar-refractivity contribution is 0.0904. The van der Waals surface area contributed by atoms with Gasteiger partial charge < -0.3 is 29.4 Å². The zero-order valence-electron chi connectivity index (χ0n) is 17.9. The van der Waals surface area contributed by atoms with E-state index in [9.17, 15) is 4.79 Å². The molecule has 1 atom stereocenters. The standard InChI is InChI=1S/C24H24ClN3O4S/c25-17-3-1-4-18(11-17)26-24(33)28(14-19-5-2-6-30-19)13-16-9-15-10-21-22(32-8-7-31-21)12-20(15)27-23(16)29/h1,3-4,9-12,19H,2,5-8,13-14H2,(H,26,33)(H,27,29)/t19-/m0/s1. The first-order valence-corrected chi connectivity index (χ1v) is 11.7. The van der Waals surface area contributed by atoms with Gasteiger partial charge in [-0.1, -0.05) is 17.7 Å². The molecule has 1 aromatic heterocycles. The van der Waals surface area contributed by atoms with Crippen LogP contribution in [0.1, 0.15) is 18.4 Å². The Morgan fingerprint density at radius 1 is 1.15 bits per heavy atom. The molecule has 172 valence electrons. The van der Waals surface area contributed by atoms with Crippen LogP contribution in [0.25, 0.3) is 10.9 Å². The molecule has 2 N–H and O–H groups in total. The minimum atomic E-state index is -0.165. The number of H-pyrrole nitrogens is 1. The molecule has 0 radical (unpaired) electrons. The average molecular weight is 486 g/mol. The molecule has 0 unspecified atom stereocenters. The number of hydrogen-bond acceptors (Lipinski definition) is 5. The summed E-state index contributed by atoms with van der Waals surface area (Å²) < 4.78 is 17.2. The number of aromatic nitrogens is 1. The van der Waals surface area contributed by atoms with Crippen LogP contribution in [0.5, 0.6) is 11.5 Å². The van der Waals surface area contributed by atoms with Crippen molar-refractivity contribution in [3.05, 3.63) is 63.4 Å². The Morgan fingerprint density at radius 2 is 1.97 bits per heavy atom. The molecule has 5 rings (SSSR count). The first-order chi connectivity index (χ1) is 16.0. The molecular weight excluding hydrogens is 462 g/mol. The molecule has 3 aromatic rings. The summed E-state index contributed by atoms with van der Waals surface area (Å²) in [6.07, 6.45) is 2.06. The Labute approximate surface area is 201 Å². The summed E-state index contributed by atoms with van der Waals surface area (Å²) >= 11 is 11.8. The van der Waals surface area contributed by atoms with Crippen LogP contribution in [0.4, 0.5) is 5.69 Å². The van der Waals surface area contributed by atoms with Gasteiger partial charge in [-0.3, -0.25) is 4.79 Å². The minimum absolute atomic E-state index is 0.0706. The van der Waals surface area contributed by atoms with Crippen molar-refractivity contribution in [2.24, 2.45) is 0 Å². The summed E-state index contributed by atoms with van der Waals surface area (Å²) in [5.41, 5.74) is 1.94. The number of hydrogen-bond donors (Lipinski definition) is 2. The fourth-order valence-corrected chi connectivity index (χ4v) is 4.58. The fourth-order valence-electron chi connectivity index (χ4n) is 4.13. The zero-order chi connectivity index (χ0) is 22.8. The van der Waals surface area contributed by atoms with Crippen LogP contribution in [-0.4, -0.2) is 47.5 Å². The van der Waals surface area contributed by atoms with E-state index < -0.39 is 0 Å². The van der Waals surface area contributed by atoms with Gasteiger partial charge >= 0.3 is 0 Å². The van der Waals surface area contributed by atoms with Crippen molar-refractivity contribution in [3.63, 3.8) is 0 Å². The molecule has 9 heteroatoms. The number of thiocarbonyl (C=S) groups is 1. The molecule has 2 aliphatic heterocycles. The van der Waals surface area contributed by atoms with Crippen LogP contribution in [0.3, 0.4) is 0 Å². The summed E-state index contributed by atoms with van der Waals surface area (Å²) in [6.45, 7) is 2.68. The van der Waals surface area contributed by atoms with Gasteiger partial charge in [0.2, 0.25) is 0 Å². The van der Waals surface area contributed by atoms with Crippen LogP contribution in [0.2, 0.25) is 5.02 Å². The Morgan fingerprint density at radius 3 is 2.73 bits per heavy atom. The molecule has 33 heavy (non-hydrogen) atoms. The highest BCUT2D eigenvalue weighted by Crippen LogP contribution is 2.33. The van der Waals surface area contributed by atoms with E-state index in [1.54, 1.807) is 0 Å².